The van der Waals surface area contributed by atoms with E-state index in [1.807, 2.05) is 0 Å². The highest BCUT2D eigenvalue weighted by Gasteiger charge is 2.21. The number of rotatable bonds is 3. The lowest BCUT2D eigenvalue weighted by Crippen LogP contribution is -2.19. The van der Waals surface area contributed by atoms with Crippen molar-refractivity contribution in [3.8, 4) is 0 Å². The minimum Gasteiger partial charge on any atom is -0.309 e. The van der Waals surface area contributed by atoms with E-state index in [0.717, 1.165) is 4.47 Å². The van der Waals surface area contributed by atoms with Crippen molar-refractivity contribution in [3.63, 3.8) is 0 Å². The monoisotopic (exact) mass is 361 g/mol. The SMILES string of the molecule is CNC(c1cc(Br)ccc1F)c1c(Cl)cccc1Cl. The van der Waals surface area contributed by atoms with Crippen molar-refractivity contribution in [2.75, 3.05) is 7.05 Å². The Labute approximate surface area is 129 Å². The van der Waals surface area contributed by atoms with Gasteiger partial charge in [0.15, 0.2) is 0 Å². The largest absolute Gasteiger partial charge is 0.309 e. The molecule has 5 heteroatoms. The first kappa shape index (κ1) is 14.8. The van der Waals surface area contributed by atoms with Crippen molar-refractivity contribution in [2.45, 2.75) is 6.04 Å². The predicted molar refractivity (Wildman–Crippen MR) is 81.5 cm³/mol. The van der Waals surface area contributed by atoms with E-state index >= 15 is 0 Å². The zero-order valence-electron chi connectivity index (χ0n) is 10.1. The number of hydrogen-bond acceptors (Lipinski definition) is 1. The fraction of sp³-hybridized carbons (Fsp3) is 0.143. The van der Waals surface area contributed by atoms with Gasteiger partial charge in [0.05, 0.1) is 6.04 Å². The Morgan fingerprint density at radius 2 is 1.79 bits per heavy atom. The molecular weight excluding hydrogens is 352 g/mol. The average molecular weight is 363 g/mol. The maximum absolute atomic E-state index is 14.0. The molecule has 0 aliphatic heterocycles. The van der Waals surface area contributed by atoms with E-state index in [1.54, 1.807) is 37.4 Å². The van der Waals surface area contributed by atoms with Crippen molar-refractivity contribution in [2.24, 2.45) is 0 Å². The van der Waals surface area contributed by atoms with Gasteiger partial charge in [-0.25, -0.2) is 4.39 Å². The second-order valence-electron chi connectivity index (χ2n) is 4.02. The third-order valence-corrected chi connectivity index (χ3v) is 4.00. The molecule has 0 aromatic heterocycles. The first-order valence-corrected chi connectivity index (χ1v) is 7.15. The van der Waals surface area contributed by atoms with Gasteiger partial charge in [0.1, 0.15) is 5.82 Å². The van der Waals surface area contributed by atoms with E-state index < -0.39 is 6.04 Å². The van der Waals surface area contributed by atoms with Gasteiger partial charge in [-0.1, -0.05) is 45.2 Å². The topological polar surface area (TPSA) is 12.0 Å². The number of nitrogens with one attached hydrogen (secondary N) is 1. The van der Waals surface area contributed by atoms with Crippen LogP contribution in [0.3, 0.4) is 0 Å². The Morgan fingerprint density at radius 1 is 1.16 bits per heavy atom. The van der Waals surface area contributed by atoms with Crippen LogP contribution in [0.4, 0.5) is 4.39 Å². The second kappa shape index (κ2) is 6.23. The fourth-order valence-corrected chi connectivity index (χ4v) is 2.97. The second-order valence-corrected chi connectivity index (χ2v) is 5.75. The highest BCUT2D eigenvalue weighted by Crippen LogP contribution is 2.35. The quantitative estimate of drug-likeness (QED) is 0.790. The highest BCUT2D eigenvalue weighted by atomic mass is 79.9. The molecule has 0 amide bonds. The summed E-state index contributed by atoms with van der Waals surface area (Å²) >= 11 is 15.7. The predicted octanol–water partition coefficient (Wildman–Crippen LogP) is 5.20. The molecule has 0 saturated carbocycles. The molecule has 2 rings (SSSR count). The van der Waals surface area contributed by atoms with E-state index in [-0.39, 0.29) is 5.82 Å². The van der Waals surface area contributed by atoms with Crippen molar-refractivity contribution < 1.29 is 4.39 Å². The standard InChI is InChI=1S/C14H11BrCl2FN/c1-19-14(9-7-8(15)5-6-12(9)18)13-10(16)3-2-4-11(13)17/h2-7,14,19H,1H3. The first-order chi connectivity index (χ1) is 9.04. The molecule has 19 heavy (non-hydrogen) atoms. The van der Waals surface area contributed by atoms with Crippen molar-refractivity contribution in [1.82, 2.24) is 5.32 Å². The molecule has 0 heterocycles. The first-order valence-electron chi connectivity index (χ1n) is 5.60. The van der Waals surface area contributed by atoms with Gasteiger partial charge in [-0.2, -0.15) is 0 Å². The molecule has 0 aliphatic rings. The van der Waals surface area contributed by atoms with Crippen molar-refractivity contribution >= 4 is 39.1 Å². The van der Waals surface area contributed by atoms with Gasteiger partial charge < -0.3 is 5.32 Å². The van der Waals surface area contributed by atoms with E-state index in [4.69, 9.17) is 23.2 Å². The summed E-state index contributed by atoms with van der Waals surface area (Å²) in [5, 5.41) is 4.07. The lowest BCUT2D eigenvalue weighted by Gasteiger charge is -2.20. The summed E-state index contributed by atoms with van der Waals surface area (Å²) in [7, 11) is 1.74. The number of halogens is 4. The van der Waals surface area contributed by atoms with Crippen LogP contribution in [-0.4, -0.2) is 7.05 Å². The molecule has 1 N–H and O–H groups in total. The molecule has 1 nitrogen and oxygen atoms in total. The minimum atomic E-state index is -0.404. The van der Waals surface area contributed by atoms with Crippen LogP contribution in [0.1, 0.15) is 17.2 Å². The summed E-state index contributed by atoms with van der Waals surface area (Å²) in [4.78, 5) is 0. The third kappa shape index (κ3) is 3.11. The summed E-state index contributed by atoms with van der Waals surface area (Å²) in [5.41, 5.74) is 1.16. The molecular formula is C14H11BrCl2FN. The van der Waals surface area contributed by atoms with Crippen LogP contribution in [0.5, 0.6) is 0 Å². The zero-order valence-corrected chi connectivity index (χ0v) is 13.2. The van der Waals surface area contributed by atoms with Gasteiger partial charge in [0.2, 0.25) is 0 Å². The molecule has 1 unspecified atom stereocenters. The minimum absolute atomic E-state index is 0.307. The lowest BCUT2D eigenvalue weighted by atomic mass is 9.98. The molecule has 0 saturated heterocycles. The molecule has 2 aromatic carbocycles. The van der Waals surface area contributed by atoms with Gasteiger partial charge in [-0.05, 0) is 37.4 Å². The lowest BCUT2D eigenvalue weighted by molar-refractivity contribution is 0.576. The van der Waals surface area contributed by atoms with Crippen LogP contribution in [0, 0.1) is 5.82 Å². The maximum Gasteiger partial charge on any atom is 0.128 e. The average Bonchev–Trinajstić information content (AvgIpc) is 2.37. The number of benzene rings is 2. The summed E-state index contributed by atoms with van der Waals surface area (Å²) in [6.45, 7) is 0. The fourth-order valence-electron chi connectivity index (χ4n) is 1.98. The van der Waals surface area contributed by atoms with E-state index in [2.05, 4.69) is 21.2 Å². The van der Waals surface area contributed by atoms with E-state index in [1.165, 1.54) is 6.07 Å². The smallest absolute Gasteiger partial charge is 0.128 e. The van der Waals surface area contributed by atoms with Gasteiger partial charge in [0, 0.05) is 25.6 Å². The van der Waals surface area contributed by atoms with Crippen LogP contribution < -0.4 is 5.32 Å². The third-order valence-electron chi connectivity index (χ3n) is 2.85. The van der Waals surface area contributed by atoms with Crippen LogP contribution in [0.2, 0.25) is 10.0 Å². The van der Waals surface area contributed by atoms with Gasteiger partial charge in [-0.15, -0.1) is 0 Å². The van der Waals surface area contributed by atoms with Crippen LogP contribution >= 0.6 is 39.1 Å². The Hall–Kier alpha value is -0.610. The molecule has 0 radical (unpaired) electrons. The molecule has 1 atom stereocenters. The highest BCUT2D eigenvalue weighted by molar-refractivity contribution is 9.10. The Morgan fingerprint density at radius 3 is 2.37 bits per heavy atom. The van der Waals surface area contributed by atoms with Gasteiger partial charge in [-0.3, -0.25) is 0 Å². The molecule has 0 fully saturated rings. The van der Waals surface area contributed by atoms with Crippen molar-refractivity contribution in [3.05, 3.63) is 67.9 Å². The molecule has 2 aromatic rings. The summed E-state index contributed by atoms with van der Waals surface area (Å²) < 4.78 is 14.8. The Balaban J connectivity index is 2.59. The maximum atomic E-state index is 14.0. The zero-order chi connectivity index (χ0) is 14.0. The Bertz CT molecular complexity index is 584. The van der Waals surface area contributed by atoms with Crippen LogP contribution in [0.25, 0.3) is 0 Å². The summed E-state index contributed by atoms with van der Waals surface area (Å²) in [6.07, 6.45) is 0. The van der Waals surface area contributed by atoms with Crippen LogP contribution in [0.15, 0.2) is 40.9 Å². The Kier molecular flexibility index (Phi) is 4.85. The van der Waals surface area contributed by atoms with Crippen LogP contribution in [-0.2, 0) is 0 Å². The molecule has 100 valence electrons. The van der Waals surface area contributed by atoms with Crippen molar-refractivity contribution in [1.29, 1.82) is 0 Å². The molecule has 0 bridgehead atoms. The van der Waals surface area contributed by atoms with E-state index in [9.17, 15) is 4.39 Å². The molecule has 0 aliphatic carbocycles. The summed E-state index contributed by atoms with van der Waals surface area (Å²) in [5.74, 6) is -0.307. The van der Waals surface area contributed by atoms with Gasteiger partial charge >= 0.3 is 0 Å². The molecule has 0 spiro atoms. The normalized spacial score (nSPS) is 12.5. The number of hydrogen-bond donors (Lipinski definition) is 1. The van der Waals surface area contributed by atoms with E-state index in [0.29, 0.717) is 21.2 Å². The summed E-state index contributed by atoms with van der Waals surface area (Å²) in [6, 6.07) is 9.62. The van der Waals surface area contributed by atoms with Gasteiger partial charge in [0.25, 0.3) is 0 Å².